The van der Waals surface area contributed by atoms with Gasteiger partial charge in [-0.05, 0) is 29.0 Å². The third-order valence-electron chi connectivity index (χ3n) is 5.77. The maximum Gasteiger partial charge on any atom is 0.265 e. The van der Waals surface area contributed by atoms with Crippen molar-refractivity contribution < 1.29 is 13.2 Å². The lowest BCUT2D eigenvalue weighted by Crippen LogP contribution is -2.49. The van der Waals surface area contributed by atoms with Crippen molar-refractivity contribution in [1.29, 1.82) is 0 Å². The van der Waals surface area contributed by atoms with E-state index >= 15 is 0 Å². The van der Waals surface area contributed by atoms with Crippen molar-refractivity contribution in [2.45, 2.75) is 24.3 Å². The van der Waals surface area contributed by atoms with E-state index in [9.17, 15) is 13.2 Å². The van der Waals surface area contributed by atoms with Gasteiger partial charge in [-0.1, -0.05) is 24.3 Å². The van der Waals surface area contributed by atoms with Crippen molar-refractivity contribution in [2.75, 3.05) is 39.3 Å². The predicted molar refractivity (Wildman–Crippen MR) is 118 cm³/mol. The highest BCUT2D eigenvalue weighted by atomic mass is 32.2. The van der Waals surface area contributed by atoms with Crippen LogP contribution < -0.4 is 0 Å². The Kier molecular flexibility index (Phi) is 6.25. The number of hydrogen-bond donors (Lipinski definition) is 0. The van der Waals surface area contributed by atoms with Crippen molar-refractivity contribution in [3.8, 4) is 12.3 Å². The minimum Gasteiger partial charge on any atom is -0.335 e. The minimum absolute atomic E-state index is 0.131. The Morgan fingerprint density at radius 2 is 1.80 bits per heavy atom. The normalized spacial score (nSPS) is 18.0. The average Bonchev–Trinajstić information content (AvgIpc) is 3.28. The molecule has 6 nitrogen and oxygen atoms in total. The Labute approximate surface area is 182 Å². The Balaban J connectivity index is 1.49. The van der Waals surface area contributed by atoms with E-state index in [1.54, 1.807) is 16.3 Å². The molecule has 2 aliphatic rings. The van der Waals surface area contributed by atoms with E-state index in [0.717, 1.165) is 25.2 Å². The number of thiophene rings is 1. The van der Waals surface area contributed by atoms with E-state index in [2.05, 4.69) is 10.8 Å². The van der Waals surface area contributed by atoms with Crippen LogP contribution in [-0.2, 0) is 23.0 Å². The molecule has 3 heterocycles. The second kappa shape index (κ2) is 8.90. The molecule has 1 aromatic carbocycles. The lowest BCUT2D eigenvalue weighted by molar-refractivity contribution is 0.0641. The molecule has 0 atom stereocenters. The standard InChI is InChI=1S/C22H25N3O3S2/c1-2-3-10-23-12-14-24(15-13-23)22(26)21-20(9-16-29-21)30(27,28)25-11-8-18-6-4-5-7-19(18)17-25/h1,4-7,9,16H,3,8,10-15,17H2. The van der Waals surface area contributed by atoms with Crippen LogP contribution in [0, 0.1) is 12.3 Å². The largest absolute Gasteiger partial charge is 0.335 e. The van der Waals surface area contributed by atoms with Crippen molar-refractivity contribution in [3.63, 3.8) is 0 Å². The van der Waals surface area contributed by atoms with E-state index in [1.165, 1.54) is 21.2 Å². The van der Waals surface area contributed by atoms with E-state index < -0.39 is 10.0 Å². The van der Waals surface area contributed by atoms with Crippen molar-refractivity contribution in [1.82, 2.24) is 14.1 Å². The number of terminal acetylenes is 1. The molecular formula is C22H25N3O3S2. The summed E-state index contributed by atoms with van der Waals surface area (Å²) >= 11 is 1.21. The van der Waals surface area contributed by atoms with Crippen molar-refractivity contribution in [3.05, 3.63) is 51.7 Å². The van der Waals surface area contributed by atoms with Gasteiger partial charge in [0.25, 0.3) is 5.91 Å². The van der Waals surface area contributed by atoms with Crippen LogP contribution in [0.25, 0.3) is 0 Å². The van der Waals surface area contributed by atoms with Gasteiger partial charge in [-0.3, -0.25) is 9.69 Å². The quantitative estimate of drug-likeness (QED) is 0.666. The van der Waals surface area contributed by atoms with Crippen LogP contribution >= 0.6 is 11.3 Å². The number of piperazine rings is 1. The SMILES string of the molecule is C#CCCN1CCN(C(=O)c2sccc2S(=O)(=O)N2CCc3ccccc3C2)CC1. The van der Waals surface area contributed by atoms with Crippen LogP contribution in [0.4, 0.5) is 0 Å². The maximum absolute atomic E-state index is 13.4. The molecule has 2 aliphatic heterocycles. The molecule has 0 N–H and O–H groups in total. The molecule has 1 fully saturated rings. The van der Waals surface area contributed by atoms with Gasteiger partial charge in [-0.2, -0.15) is 4.31 Å². The number of hydrogen-bond acceptors (Lipinski definition) is 5. The third kappa shape index (κ3) is 4.16. The van der Waals surface area contributed by atoms with Gasteiger partial charge in [0, 0.05) is 52.2 Å². The number of sulfonamides is 1. The fourth-order valence-electron chi connectivity index (χ4n) is 4.01. The number of amides is 1. The topological polar surface area (TPSA) is 60.9 Å². The van der Waals surface area contributed by atoms with Crippen molar-refractivity contribution >= 4 is 27.3 Å². The summed E-state index contributed by atoms with van der Waals surface area (Å²) in [5.74, 6) is 2.44. The van der Waals surface area contributed by atoms with Crippen LogP contribution in [-0.4, -0.2) is 67.7 Å². The van der Waals surface area contributed by atoms with Crippen LogP contribution in [0.3, 0.4) is 0 Å². The lowest BCUT2D eigenvalue weighted by atomic mass is 10.0. The molecule has 0 bridgehead atoms. The van der Waals surface area contributed by atoms with Gasteiger partial charge in [0.15, 0.2) is 0 Å². The molecule has 1 amide bonds. The second-order valence-electron chi connectivity index (χ2n) is 7.56. The van der Waals surface area contributed by atoms with E-state index in [4.69, 9.17) is 6.42 Å². The number of rotatable bonds is 5. The molecule has 1 aromatic heterocycles. The highest BCUT2D eigenvalue weighted by Crippen LogP contribution is 2.30. The first-order valence-corrected chi connectivity index (χ1v) is 12.4. The molecule has 4 rings (SSSR count). The fraction of sp³-hybridized carbons (Fsp3) is 0.409. The minimum atomic E-state index is -3.73. The Morgan fingerprint density at radius 3 is 2.53 bits per heavy atom. The van der Waals surface area contributed by atoms with Gasteiger partial charge in [0.2, 0.25) is 10.0 Å². The fourth-order valence-corrected chi connectivity index (χ4v) is 6.79. The van der Waals surface area contributed by atoms with Crippen molar-refractivity contribution in [2.24, 2.45) is 0 Å². The monoisotopic (exact) mass is 443 g/mol. The molecule has 0 saturated carbocycles. The van der Waals surface area contributed by atoms with Crippen LogP contribution in [0.1, 0.15) is 27.2 Å². The molecule has 0 unspecified atom stereocenters. The molecule has 2 aromatic rings. The molecular weight excluding hydrogens is 418 g/mol. The molecule has 158 valence electrons. The van der Waals surface area contributed by atoms with Gasteiger partial charge >= 0.3 is 0 Å². The number of nitrogens with zero attached hydrogens (tertiary/aromatic N) is 3. The summed E-state index contributed by atoms with van der Waals surface area (Å²) in [4.78, 5) is 17.6. The number of fused-ring (bicyclic) bond motifs is 1. The van der Waals surface area contributed by atoms with Crippen LogP contribution in [0.5, 0.6) is 0 Å². The molecule has 1 saturated heterocycles. The molecule has 0 spiro atoms. The number of benzene rings is 1. The Bertz CT molecular complexity index is 1060. The Hall–Kier alpha value is -2.18. The van der Waals surface area contributed by atoms with E-state index in [1.807, 2.05) is 24.3 Å². The number of carbonyl (C=O) groups excluding carboxylic acids is 1. The van der Waals surface area contributed by atoms with E-state index in [0.29, 0.717) is 43.9 Å². The maximum atomic E-state index is 13.4. The predicted octanol–water partition coefficient (Wildman–Crippen LogP) is 2.28. The molecule has 30 heavy (non-hydrogen) atoms. The highest BCUT2D eigenvalue weighted by Gasteiger charge is 2.34. The summed E-state index contributed by atoms with van der Waals surface area (Å²) in [5, 5.41) is 1.70. The summed E-state index contributed by atoms with van der Waals surface area (Å²) in [5.41, 5.74) is 2.21. The lowest BCUT2D eigenvalue weighted by Gasteiger charge is -2.34. The summed E-state index contributed by atoms with van der Waals surface area (Å²) in [6.07, 6.45) is 6.71. The van der Waals surface area contributed by atoms with Gasteiger partial charge < -0.3 is 4.90 Å². The van der Waals surface area contributed by atoms with Crippen LogP contribution in [0.15, 0.2) is 40.6 Å². The first-order valence-electron chi connectivity index (χ1n) is 10.1. The third-order valence-corrected chi connectivity index (χ3v) is 8.69. The molecule has 0 radical (unpaired) electrons. The average molecular weight is 444 g/mol. The number of carbonyl (C=O) groups is 1. The van der Waals surface area contributed by atoms with E-state index in [-0.39, 0.29) is 10.8 Å². The smallest absolute Gasteiger partial charge is 0.265 e. The summed E-state index contributed by atoms with van der Waals surface area (Å²) in [6.45, 7) is 4.27. The first-order chi connectivity index (χ1) is 14.5. The molecule has 0 aliphatic carbocycles. The summed E-state index contributed by atoms with van der Waals surface area (Å²) in [7, 11) is -3.73. The van der Waals surface area contributed by atoms with Gasteiger partial charge in [0.1, 0.15) is 9.77 Å². The Morgan fingerprint density at radius 1 is 1.07 bits per heavy atom. The van der Waals surface area contributed by atoms with Crippen LogP contribution in [0.2, 0.25) is 0 Å². The summed E-state index contributed by atoms with van der Waals surface area (Å²) in [6, 6.07) is 9.48. The molecule has 8 heteroatoms. The highest BCUT2D eigenvalue weighted by molar-refractivity contribution is 7.89. The zero-order chi connectivity index (χ0) is 21.1. The summed E-state index contributed by atoms with van der Waals surface area (Å²) < 4.78 is 28.2. The zero-order valence-electron chi connectivity index (χ0n) is 16.8. The van der Waals surface area contributed by atoms with Gasteiger partial charge in [-0.25, -0.2) is 8.42 Å². The van der Waals surface area contributed by atoms with Gasteiger partial charge in [-0.15, -0.1) is 23.7 Å². The van der Waals surface area contributed by atoms with Gasteiger partial charge in [0.05, 0.1) is 0 Å². The zero-order valence-corrected chi connectivity index (χ0v) is 18.4. The first kappa shape index (κ1) is 21.1. The second-order valence-corrected chi connectivity index (χ2v) is 10.4.